The topological polar surface area (TPSA) is 57.8 Å². The summed E-state index contributed by atoms with van der Waals surface area (Å²) < 4.78 is 0. The van der Waals surface area contributed by atoms with Gasteiger partial charge in [0.1, 0.15) is 0 Å². The second-order valence-corrected chi connectivity index (χ2v) is 4.36. The Morgan fingerprint density at radius 3 is 2.83 bits per heavy atom. The highest BCUT2D eigenvalue weighted by atomic mass is 16.1. The molecule has 1 aromatic carbocycles. The lowest BCUT2D eigenvalue weighted by Gasteiger charge is -2.06. The molecular formula is C14H17N3O. The molecule has 0 unspecified atom stereocenters. The largest absolute Gasteiger partial charge is 0.365 e. The highest BCUT2D eigenvalue weighted by Gasteiger charge is 2.00. The third-order valence-electron chi connectivity index (χ3n) is 2.99. The normalized spacial score (nSPS) is 10.3. The molecule has 0 amide bonds. The first-order valence-electron chi connectivity index (χ1n) is 6.00. The first kappa shape index (κ1) is 12.4. The van der Waals surface area contributed by atoms with Crippen molar-refractivity contribution in [1.82, 2.24) is 9.97 Å². The molecule has 1 heterocycles. The number of nitrogens with zero attached hydrogens (tertiary/aromatic N) is 1. The predicted octanol–water partition coefficient (Wildman–Crippen LogP) is 2.04. The summed E-state index contributed by atoms with van der Waals surface area (Å²) in [6.45, 7) is 4.91. The number of benzene rings is 1. The van der Waals surface area contributed by atoms with E-state index in [1.54, 1.807) is 6.20 Å². The van der Waals surface area contributed by atoms with E-state index >= 15 is 0 Å². The number of rotatable bonds is 4. The predicted molar refractivity (Wildman–Crippen MR) is 73.0 cm³/mol. The van der Waals surface area contributed by atoms with Crippen LogP contribution in [0.3, 0.4) is 0 Å². The number of anilines is 1. The van der Waals surface area contributed by atoms with Crippen LogP contribution in [0.15, 0.2) is 35.4 Å². The van der Waals surface area contributed by atoms with Crippen LogP contribution in [0.4, 0.5) is 5.82 Å². The molecule has 0 aliphatic heterocycles. The summed E-state index contributed by atoms with van der Waals surface area (Å²) in [5.41, 5.74) is 3.67. The fourth-order valence-electron chi connectivity index (χ4n) is 1.76. The smallest absolute Gasteiger partial charge is 0.290 e. The molecule has 0 fully saturated rings. The van der Waals surface area contributed by atoms with Gasteiger partial charge in [-0.3, -0.25) is 4.79 Å². The number of aryl methyl sites for hydroxylation is 2. The van der Waals surface area contributed by atoms with Crippen molar-refractivity contribution >= 4 is 5.82 Å². The summed E-state index contributed by atoms with van der Waals surface area (Å²) in [5, 5.41) is 3.04. The highest BCUT2D eigenvalue weighted by Crippen LogP contribution is 2.10. The van der Waals surface area contributed by atoms with Gasteiger partial charge in [-0.1, -0.05) is 18.2 Å². The van der Waals surface area contributed by atoms with Crippen molar-refractivity contribution in [2.45, 2.75) is 20.3 Å². The van der Waals surface area contributed by atoms with E-state index in [-0.39, 0.29) is 5.56 Å². The Labute approximate surface area is 106 Å². The Bertz CT molecular complexity index is 590. The summed E-state index contributed by atoms with van der Waals surface area (Å²) in [7, 11) is 0. The summed E-state index contributed by atoms with van der Waals surface area (Å²) in [4.78, 5) is 18.0. The second-order valence-electron chi connectivity index (χ2n) is 4.36. The minimum atomic E-state index is -0.183. The van der Waals surface area contributed by atoms with E-state index < -0.39 is 0 Å². The Balaban J connectivity index is 1.95. The fraction of sp³-hybridized carbons (Fsp3) is 0.286. The van der Waals surface area contributed by atoms with E-state index in [1.165, 1.54) is 22.9 Å². The summed E-state index contributed by atoms with van der Waals surface area (Å²) in [6, 6.07) is 6.42. The first-order chi connectivity index (χ1) is 8.66. The zero-order valence-electron chi connectivity index (χ0n) is 10.7. The molecule has 94 valence electrons. The number of hydrogen-bond donors (Lipinski definition) is 2. The van der Waals surface area contributed by atoms with E-state index in [1.807, 2.05) is 0 Å². The zero-order chi connectivity index (χ0) is 13.0. The van der Waals surface area contributed by atoms with Crippen LogP contribution in [-0.4, -0.2) is 16.5 Å². The van der Waals surface area contributed by atoms with Gasteiger partial charge in [-0.25, -0.2) is 4.98 Å². The summed E-state index contributed by atoms with van der Waals surface area (Å²) in [6.07, 6.45) is 3.97. The Morgan fingerprint density at radius 2 is 2.11 bits per heavy atom. The maximum Gasteiger partial charge on any atom is 0.290 e. The van der Waals surface area contributed by atoms with E-state index in [0.29, 0.717) is 12.4 Å². The molecule has 18 heavy (non-hydrogen) atoms. The third kappa shape index (κ3) is 2.97. The fourth-order valence-corrected chi connectivity index (χ4v) is 1.76. The van der Waals surface area contributed by atoms with Gasteiger partial charge in [-0.2, -0.15) is 0 Å². The van der Waals surface area contributed by atoms with Crippen molar-refractivity contribution in [3.8, 4) is 0 Å². The number of H-pyrrole nitrogens is 1. The highest BCUT2D eigenvalue weighted by molar-refractivity contribution is 5.33. The maximum atomic E-state index is 11.4. The quantitative estimate of drug-likeness (QED) is 0.864. The van der Waals surface area contributed by atoms with Crippen LogP contribution >= 0.6 is 0 Å². The van der Waals surface area contributed by atoms with Crippen molar-refractivity contribution in [2.75, 3.05) is 11.9 Å². The standard InChI is InChI=1S/C14H17N3O/c1-10-3-4-12(9-11(10)2)5-6-15-13-14(18)17-8-7-16-13/h3-4,7-9H,5-6H2,1-2H3,(H,15,16)(H,17,18). The summed E-state index contributed by atoms with van der Waals surface area (Å²) >= 11 is 0. The summed E-state index contributed by atoms with van der Waals surface area (Å²) in [5.74, 6) is 0.376. The first-order valence-corrected chi connectivity index (χ1v) is 6.00. The molecule has 0 spiro atoms. The average Bonchev–Trinajstić information content (AvgIpc) is 2.36. The molecule has 1 aromatic heterocycles. The molecule has 0 saturated carbocycles. The van der Waals surface area contributed by atoms with Crippen LogP contribution in [0.5, 0.6) is 0 Å². The second kappa shape index (κ2) is 5.49. The van der Waals surface area contributed by atoms with E-state index in [2.05, 4.69) is 47.3 Å². The van der Waals surface area contributed by atoms with Crippen LogP contribution in [0.1, 0.15) is 16.7 Å². The Kier molecular flexibility index (Phi) is 3.77. The van der Waals surface area contributed by atoms with E-state index in [0.717, 1.165) is 6.42 Å². The molecule has 2 N–H and O–H groups in total. The molecule has 4 nitrogen and oxygen atoms in total. The average molecular weight is 243 g/mol. The third-order valence-corrected chi connectivity index (χ3v) is 2.99. The SMILES string of the molecule is Cc1ccc(CCNc2ncc[nH]c2=O)cc1C. The zero-order valence-corrected chi connectivity index (χ0v) is 10.7. The van der Waals surface area contributed by atoms with Gasteiger partial charge in [-0.15, -0.1) is 0 Å². The molecule has 0 bridgehead atoms. The molecule has 0 radical (unpaired) electrons. The molecule has 4 heteroatoms. The Morgan fingerprint density at radius 1 is 1.28 bits per heavy atom. The maximum absolute atomic E-state index is 11.4. The molecule has 0 saturated heterocycles. The molecule has 0 aliphatic rings. The molecule has 2 rings (SSSR count). The van der Waals surface area contributed by atoms with Crippen molar-refractivity contribution in [3.05, 3.63) is 57.6 Å². The monoisotopic (exact) mass is 243 g/mol. The van der Waals surface area contributed by atoms with Crippen LogP contribution in [0.25, 0.3) is 0 Å². The van der Waals surface area contributed by atoms with Crippen LogP contribution < -0.4 is 10.9 Å². The van der Waals surface area contributed by atoms with Gasteiger partial charge in [0.25, 0.3) is 5.56 Å². The van der Waals surface area contributed by atoms with Gasteiger partial charge < -0.3 is 10.3 Å². The van der Waals surface area contributed by atoms with Gasteiger partial charge in [0, 0.05) is 18.9 Å². The molecule has 0 aliphatic carbocycles. The van der Waals surface area contributed by atoms with Gasteiger partial charge in [-0.05, 0) is 37.0 Å². The minimum Gasteiger partial charge on any atom is -0.365 e. The van der Waals surface area contributed by atoms with Gasteiger partial charge >= 0.3 is 0 Å². The molecule has 2 aromatic rings. The van der Waals surface area contributed by atoms with Gasteiger partial charge in [0.2, 0.25) is 0 Å². The number of nitrogens with one attached hydrogen (secondary N) is 2. The lowest BCUT2D eigenvalue weighted by atomic mass is 10.0. The minimum absolute atomic E-state index is 0.183. The number of aromatic amines is 1. The van der Waals surface area contributed by atoms with Gasteiger partial charge in [0.05, 0.1) is 0 Å². The van der Waals surface area contributed by atoms with E-state index in [4.69, 9.17) is 0 Å². The molecular weight excluding hydrogens is 226 g/mol. The van der Waals surface area contributed by atoms with E-state index in [9.17, 15) is 4.79 Å². The van der Waals surface area contributed by atoms with Crippen LogP contribution in [0, 0.1) is 13.8 Å². The van der Waals surface area contributed by atoms with Crippen molar-refractivity contribution < 1.29 is 0 Å². The lowest BCUT2D eigenvalue weighted by Crippen LogP contribution is -2.17. The lowest BCUT2D eigenvalue weighted by molar-refractivity contribution is 0.986. The van der Waals surface area contributed by atoms with Crippen molar-refractivity contribution in [3.63, 3.8) is 0 Å². The van der Waals surface area contributed by atoms with Crippen LogP contribution in [-0.2, 0) is 6.42 Å². The van der Waals surface area contributed by atoms with Crippen molar-refractivity contribution in [2.24, 2.45) is 0 Å². The van der Waals surface area contributed by atoms with Gasteiger partial charge in [0.15, 0.2) is 5.82 Å². The van der Waals surface area contributed by atoms with Crippen molar-refractivity contribution in [1.29, 1.82) is 0 Å². The number of aromatic nitrogens is 2. The number of hydrogen-bond acceptors (Lipinski definition) is 3. The Hall–Kier alpha value is -2.10. The molecule has 0 atom stereocenters. The van der Waals surface area contributed by atoms with Crippen LogP contribution in [0.2, 0.25) is 0 Å².